The first-order chi connectivity index (χ1) is 16.8. The van der Waals surface area contributed by atoms with Crippen LogP contribution in [0.4, 0.5) is 19.3 Å². The summed E-state index contributed by atoms with van der Waals surface area (Å²) in [6.45, 7) is -0.411. The van der Waals surface area contributed by atoms with Crippen molar-refractivity contribution in [3.05, 3.63) is 100 Å². The molecule has 4 rings (SSSR count). The van der Waals surface area contributed by atoms with Gasteiger partial charge in [-0.25, -0.2) is 13.6 Å². The largest absolute Gasteiger partial charge is 0.482 e. The number of ether oxygens (including phenoxy) is 1. The van der Waals surface area contributed by atoms with Crippen molar-refractivity contribution in [2.24, 2.45) is 0 Å². The van der Waals surface area contributed by atoms with Crippen LogP contribution in [0.1, 0.15) is 11.1 Å². The molecule has 0 aliphatic carbocycles. The van der Waals surface area contributed by atoms with Crippen LogP contribution in [0.3, 0.4) is 0 Å². The van der Waals surface area contributed by atoms with E-state index < -0.39 is 36.1 Å². The van der Waals surface area contributed by atoms with Gasteiger partial charge in [-0.15, -0.1) is 0 Å². The summed E-state index contributed by atoms with van der Waals surface area (Å²) in [5.41, 5.74) is 1.18. The number of hydrogen-bond donors (Lipinski definition) is 2. The molecular weight excluding hydrogens is 480 g/mol. The van der Waals surface area contributed by atoms with Crippen LogP contribution in [0.2, 0.25) is 5.02 Å². The zero-order chi connectivity index (χ0) is 24.9. The molecule has 10 heteroatoms. The second-order valence-corrected chi connectivity index (χ2v) is 7.92. The predicted molar refractivity (Wildman–Crippen MR) is 125 cm³/mol. The first-order valence-corrected chi connectivity index (χ1v) is 10.7. The van der Waals surface area contributed by atoms with E-state index >= 15 is 0 Å². The third-order valence-electron chi connectivity index (χ3n) is 4.99. The van der Waals surface area contributed by atoms with Gasteiger partial charge < -0.3 is 15.4 Å². The fourth-order valence-corrected chi connectivity index (χ4v) is 3.51. The van der Waals surface area contributed by atoms with Gasteiger partial charge in [0.15, 0.2) is 6.61 Å². The molecule has 0 aromatic heterocycles. The monoisotopic (exact) mass is 497 g/mol. The van der Waals surface area contributed by atoms with Gasteiger partial charge in [-0.2, -0.15) is 0 Å². The number of carbonyl (C=O) groups is 3. The van der Waals surface area contributed by atoms with Gasteiger partial charge in [0, 0.05) is 0 Å². The van der Waals surface area contributed by atoms with E-state index in [1.54, 1.807) is 12.1 Å². The van der Waals surface area contributed by atoms with Crippen molar-refractivity contribution < 1.29 is 27.9 Å². The zero-order valence-electron chi connectivity index (χ0n) is 18.1. The first kappa shape index (κ1) is 23.9. The number of halogens is 3. The van der Waals surface area contributed by atoms with Gasteiger partial charge in [-0.05, 0) is 53.6 Å². The lowest BCUT2D eigenvalue weighted by molar-refractivity contribution is -0.123. The Morgan fingerprint density at radius 1 is 1.06 bits per heavy atom. The molecule has 0 spiro atoms. The third kappa shape index (κ3) is 5.82. The van der Waals surface area contributed by atoms with Crippen molar-refractivity contribution in [2.75, 3.05) is 11.9 Å². The van der Waals surface area contributed by atoms with Crippen molar-refractivity contribution in [3.63, 3.8) is 0 Å². The Hall–Kier alpha value is -4.24. The Bertz CT molecular complexity index is 1330. The lowest BCUT2D eigenvalue weighted by Gasteiger charge is -2.11. The Morgan fingerprint density at radius 3 is 2.51 bits per heavy atom. The normalized spacial score (nSPS) is 14.3. The second kappa shape index (κ2) is 10.4. The minimum absolute atomic E-state index is 0.00916. The molecule has 3 aromatic carbocycles. The van der Waals surface area contributed by atoms with Crippen molar-refractivity contribution in [3.8, 4) is 5.75 Å². The Balaban J connectivity index is 1.39. The number of carbonyl (C=O) groups excluding carboxylic acids is 3. The van der Waals surface area contributed by atoms with Gasteiger partial charge in [0.05, 0.1) is 17.3 Å². The highest BCUT2D eigenvalue weighted by molar-refractivity contribution is 6.32. The van der Waals surface area contributed by atoms with Crippen molar-refractivity contribution in [1.29, 1.82) is 0 Å². The van der Waals surface area contributed by atoms with Gasteiger partial charge >= 0.3 is 6.03 Å². The lowest BCUT2D eigenvalue weighted by Crippen LogP contribution is -2.30. The van der Waals surface area contributed by atoms with Crippen LogP contribution in [0.15, 0.2) is 72.4 Å². The highest BCUT2D eigenvalue weighted by Gasteiger charge is 2.33. The minimum Gasteiger partial charge on any atom is -0.482 e. The number of nitrogens with zero attached hydrogens (tertiary/aromatic N) is 1. The molecular formula is C25H18ClF2N3O4. The van der Waals surface area contributed by atoms with Crippen LogP contribution in [-0.2, 0) is 16.1 Å². The number of nitrogens with one attached hydrogen (secondary N) is 2. The van der Waals surface area contributed by atoms with Crippen LogP contribution in [0, 0.1) is 11.6 Å². The molecule has 0 atom stereocenters. The molecule has 178 valence electrons. The molecule has 3 aromatic rings. The number of hydrogen-bond acceptors (Lipinski definition) is 4. The lowest BCUT2D eigenvalue weighted by atomic mass is 10.1. The summed E-state index contributed by atoms with van der Waals surface area (Å²) in [6.07, 6.45) is 1.45. The summed E-state index contributed by atoms with van der Waals surface area (Å²) >= 11 is 6.24. The Labute approximate surface area is 203 Å². The number of urea groups is 1. The summed E-state index contributed by atoms with van der Waals surface area (Å²) in [6, 6.07) is 15.2. The number of anilines is 1. The molecule has 1 heterocycles. The molecule has 0 unspecified atom stereocenters. The standard InChI is InChI=1S/C25H18ClF2N3O4/c26-18-11-16(7-10-22(18)35-14-23(32)29-20-4-2-1-3-19(20)28)12-21-24(33)31(25(34)30-21)13-15-5-8-17(27)9-6-15/h1-12H,13-14H2,(H,29,32)(H,30,34). The number of para-hydroxylation sites is 1. The van der Waals surface area contributed by atoms with E-state index in [0.717, 1.165) is 4.90 Å². The van der Waals surface area contributed by atoms with Crippen LogP contribution >= 0.6 is 11.6 Å². The van der Waals surface area contributed by atoms with Gasteiger partial charge in [0.2, 0.25) is 0 Å². The molecule has 0 saturated carbocycles. The Kier molecular flexibility index (Phi) is 7.07. The van der Waals surface area contributed by atoms with Gasteiger partial charge in [0.25, 0.3) is 11.8 Å². The van der Waals surface area contributed by atoms with Crippen LogP contribution in [-0.4, -0.2) is 29.4 Å². The van der Waals surface area contributed by atoms with Crippen LogP contribution < -0.4 is 15.4 Å². The van der Waals surface area contributed by atoms with E-state index in [4.69, 9.17) is 16.3 Å². The molecule has 1 fully saturated rings. The van der Waals surface area contributed by atoms with Crippen LogP contribution in [0.5, 0.6) is 5.75 Å². The summed E-state index contributed by atoms with van der Waals surface area (Å²) < 4.78 is 32.1. The molecule has 35 heavy (non-hydrogen) atoms. The number of imide groups is 1. The number of benzene rings is 3. The molecule has 1 aliphatic rings. The van der Waals surface area contributed by atoms with E-state index in [9.17, 15) is 23.2 Å². The summed E-state index contributed by atoms with van der Waals surface area (Å²) in [5, 5.41) is 5.07. The maximum absolute atomic E-state index is 13.6. The van der Waals surface area contributed by atoms with Crippen molar-refractivity contribution in [1.82, 2.24) is 10.2 Å². The maximum atomic E-state index is 13.6. The topological polar surface area (TPSA) is 87.7 Å². The highest BCUT2D eigenvalue weighted by atomic mass is 35.5. The van der Waals surface area contributed by atoms with E-state index in [1.165, 1.54) is 60.7 Å². The van der Waals surface area contributed by atoms with Crippen molar-refractivity contribution >= 4 is 41.2 Å². The first-order valence-electron chi connectivity index (χ1n) is 10.4. The second-order valence-electron chi connectivity index (χ2n) is 7.51. The molecule has 4 amide bonds. The maximum Gasteiger partial charge on any atom is 0.329 e. The molecule has 1 saturated heterocycles. The SMILES string of the molecule is O=C(COc1ccc(C=C2NC(=O)N(Cc3ccc(F)cc3)C2=O)cc1Cl)Nc1ccccc1F. The third-order valence-corrected chi connectivity index (χ3v) is 5.29. The van der Waals surface area contributed by atoms with E-state index in [-0.39, 0.29) is 28.7 Å². The van der Waals surface area contributed by atoms with E-state index in [0.29, 0.717) is 11.1 Å². The summed E-state index contributed by atoms with van der Waals surface area (Å²) in [5.74, 6) is -1.89. The van der Waals surface area contributed by atoms with Gasteiger partial charge in [-0.1, -0.05) is 41.9 Å². The summed E-state index contributed by atoms with van der Waals surface area (Å²) in [4.78, 5) is 38.0. The van der Waals surface area contributed by atoms with E-state index in [1.807, 2.05) is 0 Å². The number of rotatable bonds is 7. The average Bonchev–Trinajstić information content (AvgIpc) is 3.08. The molecule has 0 bridgehead atoms. The smallest absolute Gasteiger partial charge is 0.329 e. The average molecular weight is 498 g/mol. The molecule has 1 aliphatic heterocycles. The molecule has 2 N–H and O–H groups in total. The Morgan fingerprint density at radius 2 is 1.80 bits per heavy atom. The highest BCUT2D eigenvalue weighted by Crippen LogP contribution is 2.27. The fraction of sp³-hybridized carbons (Fsp3) is 0.0800. The van der Waals surface area contributed by atoms with E-state index in [2.05, 4.69) is 10.6 Å². The fourth-order valence-electron chi connectivity index (χ4n) is 3.27. The van der Waals surface area contributed by atoms with Crippen LogP contribution in [0.25, 0.3) is 6.08 Å². The summed E-state index contributed by atoms with van der Waals surface area (Å²) in [7, 11) is 0. The predicted octanol–water partition coefficient (Wildman–Crippen LogP) is 4.73. The van der Waals surface area contributed by atoms with Gasteiger partial charge in [-0.3, -0.25) is 14.5 Å². The quantitative estimate of drug-likeness (QED) is 0.365. The molecule has 7 nitrogen and oxygen atoms in total. The van der Waals surface area contributed by atoms with Crippen molar-refractivity contribution in [2.45, 2.75) is 6.54 Å². The number of amides is 4. The minimum atomic E-state index is -0.600. The molecule has 0 radical (unpaired) electrons. The van der Waals surface area contributed by atoms with Gasteiger partial charge in [0.1, 0.15) is 23.1 Å². The zero-order valence-corrected chi connectivity index (χ0v) is 18.8.